The van der Waals surface area contributed by atoms with E-state index in [1.165, 1.54) is 10.4 Å². The molecule has 1 aliphatic heterocycles. The molecule has 156 valence electrons. The van der Waals surface area contributed by atoms with Crippen molar-refractivity contribution in [2.24, 2.45) is 0 Å². The summed E-state index contributed by atoms with van der Waals surface area (Å²) in [6.45, 7) is 0.519. The predicted molar refractivity (Wildman–Crippen MR) is 112 cm³/mol. The smallest absolute Gasteiger partial charge is 0.263 e. The lowest BCUT2D eigenvalue weighted by Gasteiger charge is -2.23. The Balaban J connectivity index is 1.80. The number of carbonyl (C=O) groups is 1. The Labute approximate surface area is 175 Å². The number of likely N-dealkylation sites (N-methyl/N-ethyl adjacent to an activating group) is 1. The number of amides is 1. The van der Waals surface area contributed by atoms with Gasteiger partial charge in [-0.25, -0.2) is 8.42 Å². The molecule has 0 unspecified atom stereocenters. The fourth-order valence-corrected chi connectivity index (χ4v) is 4.30. The molecule has 1 aliphatic rings. The van der Waals surface area contributed by atoms with Crippen LogP contribution in [-0.2, 0) is 21.4 Å². The number of benzene rings is 2. The monoisotopic (exact) mass is 438 g/mol. The third kappa shape index (κ3) is 4.94. The number of carbonyl (C=O) groups excluding carboxylic acids is 1. The van der Waals surface area contributed by atoms with Crippen LogP contribution < -0.4 is 13.8 Å². The molecule has 2 aromatic rings. The van der Waals surface area contributed by atoms with Gasteiger partial charge in [0.15, 0.2) is 6.10 Å². The molecule has 3 rings (SSSR count). The maximum Gasteiger partial charge on any atom is 0.263 e. The molecule has 1 heterocycles. The molecule has 0 fully saturated rings. The number of rotatable bonds is 5. The minimum atomic E-state index is -3.55. The summed E-state index contributed by atoms with van der Waals surface area (Å²) in [5.41, 5.74) is 1.29. The molecular weight excluding hydrogens is 416 g/mol. The number of halogens is 1. The van der Waals surface area contributed by atoms with E-state index >= 15 is 0 Å². The first kappa shape index (κ1) is 21.3. The van der Waals surface area contributed by atoms with Gasteiger partial charge >= 0.3 is 0 Å². The van der Waals surface area contributed by atoms with Gasteiger partial charge in [0.25, 0.3) is 5.91 Å². The van der Waals surface area contributed by atoms with Crippen LogP contribution >= 0.6 is 11.6 Å². The predicted octanol–water partition coefficient (Wildman–Crippen LogP) is 2.92. The average molecular weight is 439 g/mol. The zero-order chi connectivity index (χ0) is 21.2. The van der Waals surface area contributed by atoms with Gasteiger partial charge in [0.05, 0.1) is 19.1 Å². The van der Waals surface area contributed by atoms with Crippen LogP contribution in [0.15, 0.2) is 42.5 Å². The van der Waals surface area contributed by atoms with E-state index in [1.807, 2.05) is 24.3 Å². The second-order valence-electron chi connectivity index (χ2n) is 6.88. The van der Waals surface area contributed by atoms with Crippen molar-refractivity contribution in [3.8, 4) is 11.5 Å². The van der Waals surface area contributed by atoms with Gasteiger partial charge < -0.3 is 14.4 Å². The van der Waals surface area contributed by atoms with Crippen molar-refractivity contribution in [3.63, 3.8) is 0 Å². The van der Waals surface area contributed by atoms with E-state index in [1.54, 1.807) is 31.2 Å². The highest BCUT2D eigenvalue weighted by Gasteiger charge is 2.32. The minimum absolute atomic E-state index is 0.124. The highest BCUT2D eigenvalue weighted by Crippen LogP contribution is 2.36. The first-order valence-corrected chi connectivity index (χ1v) is 11.2. The molecule has 0 aromatic heterocycles. The number of anilines is 1. The third-order valence-electron chi connectivity index (χ3n) is 4.68. The standard InChI is InChI=1S/C20H23ClN2O5S/c1-22(13-14-4-7-16(27-2)8-5-14)20(24)19-10-11-23(29(3,25)26)17-12-15(21)6-9-18(17)28-19/h4-9,12,19H,10-11,13H2,1-3H3/t19-/m1/s1. The lowest BCUT2D eigenvalue weighted by molar-refractivity contribution is -0.138. The van der Waals surface area contributed by atoms with Gasteiger partial charge in [0, 0.05) is 31.6 Å². The SMILES string of the molecule is COc1ccc(CN(C)C(=O)[C@H]2CCN(S(C)(=O)=O)c3cc(Cl)ccc3O2)cc1. The lowest BCUT2D eigenvalue weighted by atomic mass is 10.1. The van der Waals surface area contributed by atoms with Crippen LogP contribution in [0.2, 0.25) is 5.02 Å². The first-order valence-electron chi connectivity index (χ1n) is 9.01. The zero-order valence-corrected chi connectivity index (χ0v) is 18.0. The highest BCUT2D eigenvalue weighted by molar-refractivity contribution is 7.92. The summed E-state index contributed by atoms with van der Waals surface area (Å²) in [4.78, 5) is 14.6. The summed E-state index contributed by atoms with van der Waals surface area (Å²) >= 11 is 6.05. The van der Waals surface area contributed by atoms with Gasteiger partial charge in [-0.15, -0.1) is 0 Å². The molecule has 0 saturated heterocycles. The van der Waals surface area contributed by atoms with Crippen LogP contribution in [0.4, 0.5) is 5.69 Å². The van der Waals surface area contributed by atoms with Gasteiger partial charge in [0.1, 0.15) is 11.5 Å². The van der Waals surface area contributed by atoms with Crippen molar-refractivity contribution in [1.82, 2.24) is 4.90 Å². The first-order chi connectivity index (χ1) is 13.7. The topological polar surface area (TPSA) is 76.2 Å². The van der Waals surface area contributed by atoms with E-state index in [4.69, 9.17) is 21.1 Å². The molecule has 1 atom stereocenters. The molecule has 0 N–H and O–H groups in total. The van der Waals surface area contributed by atoms with E-state index in [-0.39, 0.29) is 18.9 Å². The van der Waals surface area contributed by atoms with Gasteiger partial charge in [-0.05, 0) is 35.9 Å². The third-order valence-corrected chi connectivity index (χ3v) is 6.10. The number of hydrogen-bond acceptors (Lipinski definition) is 5. The van der Waals surface area contributed by atoms with Crippen LogP contribution in [0.1, 0.15) is 12.0 Å². The van der Waals surface area contributed by atoms with E-state index in [2.05, 4.69) is 0 Å². The van der Waals surface area contributed by atoms with Gasteiger partial charge in [-0.3, -0.25) is 9.10 Å². The average Bonchev–Trinajstić information content (AvgIpc) is 2.87. The van der Waals surface area contributed by atoms with Gasteiger partial charge in [-0.1, -0.05) is 23.7 Å². The van der Waals surface area contributed by atoms with E-state index < -0.39 is 16.1 Å². The summed E-state index contributed by atoms with van der Waals surface area (Å²) in [5, 5.41) is 0.391. The van der Waals surface area contributed by atoms with E-state index in [0.29, 0.717) is 23.0 Å². The molecule has 7 nitrogen and oxygen atoms in total. The molecular formula is C20H23ClN2O5S. The second kappa shape index (κ2) is 8.51. The molecule has 0 aliphatic carbocycles. The number of ether oxygens (including phenoxy) is 2. The van der Waals surface area contributed by atoms with Crippen molar-refractivity contribution >= 4 is 33.2 Å². The van der Waals surface area contributed by atoms with Crippen LogP contribution in [0.3, 0.4) is 0 Å². The fourth-order valence-electron chi connectivity index (χ4n) is 3.20. The van der Waals surface area contributed by atoms with E-state index in [9.17, 15) is 13.2 Å². The van der Waals surface area contributed by atoms with Crippen molar-refractivity contribution in [1.29, 1.82) is 0 Å². The number of fused-ring (bicyclic) bond motifs is 1. The molecule has 0 saturated carbocycles. The largest absolute Gasteiger partial charge is 0.497 e. The molecule has 2 aromatic carbocycles. The Hall–Kier alpha value is -2.45. The lowest BCUT2D eigenvalue weighted by Crippen LogP contribution is -2.40. The Morgan fingerprint density at radius 2 is 1.97 bits per heavy atom. The van der Waals surface area contributed by atoms with Crippen molar-refractivity contribution in [2.75, 3.05) is 31.3 Å². The van der Waals surface area contributed by atoms with Crippen LogP contribution in [0, 0.1) is 0 Å². The Bertz CT molecular complexity index is 994. The van der Waals surface area contributed by atoms with Crippen molar-refractivity contribution in [2.45, 2.75) is 19.1 Å². The summed E-state index contributed by atoms with van der Waals surface area (Å²) in [6, 6.07) is 12.2. The molecule has 0 radical (unpaired) electrons. The van der Waals surface area contributed by atoms with Crippen LogP contribution in [0.25, 0.3) is 0 Å². The normalized spacial score (nSPS) is 16.4. The Morgan fingerprint density at radius 1 is 1.28 bits per heavy atom. The maximum atomic E-state index is 13.0. The van der Waals surface area contributed by atoms with Crippen LogP contribution in [0.5, 0.6) is 11.5 Å². The number of sulfonamides is 1. The van der Waals surface area contributed by atoms with E-state index in [0.717, 1.165) is 17.6 Å². The molecule has 0 spiro atoms. The summed E-state index contributed by atoms with van der Waals surface area (Å²) in [6.07, 6.45) is 0.547. The number of hydrogen-bond donors (Lipinski definition) is 0. The summed E-state index contributed by atoms with van der Waals surface area (Å²) in [5.74, 6) is 0.830. The molecule has 0 bridgehead atoms. The maximum absolute atomic E-state index is 13.0. The summed E-state index contributed by atoms with van der Waals surface area (Å²) in [7, 11) is -0.258. The number of methoxy groups -OCH3 is 1. The van der Waals surface area contributed by atoms with Crippen LogP contribution in [-0.4, -0.2) is 52.3 Å². The Morgan fingerprint density at radius 3 is 2.59 bits per heavy atom. The van der Waals surface area contributed by atoms with Gasteiger partial charge in [-0.2, -0.15) is 0 Å². The number of nitrogens with zero attached hydrogens (tertiary/aromatic N) is 2. The highest BCUT2D eigenvalue weighted by atomic mass is 35.5. The summed E-state index contributed by atoms with van der Waals surface area (Å²) < 4.78 is 36.8. The second-order valence-corrected chi connectivity index (χ2v) is 9.23. The molecule has 9 heteroatoms. The minimum Gasteiger partial charge on any atom is -0.497 e. The van der Waals surface area contributed by atoms with Gasteiger partial charge in [0.2, 0.25) is 10.0 Å². The Kier molecular flexibility index (Phi) is 6.24. The van der Waals surface area contributed by atoms with Crippen molar-refractivity contribution in [3.05, 3.63) is 53.1 Å². The fraction of sp³-hybridized carbons (Fsp3) is 0.350. The molecule has 29 heavy (non-hydrogen) atoms. The zero-order valence-electron chi connectivity index (χ0n) is 16.5. The van der Waals surface area contributed by atoms with Crippen molar-refractivity contribution < 1.29 is 22.7 Å². The quantitative estimate of drug-likeness (QED) is 0.717. The molecule has 1 amide bonds.